The highest BCUT2D eigenvalue weighted by atomic mass is 16.5. The van der Waals surface area contributed by atoms with E-state index in [1.54, 1.807) is 0 Å². The highest BCUT2D eigenvalue weighted by Crippen LogP contribution is 2.13. The molecule has 0 saturated carbocycles. The van der Waals surface area contributed by atoms with Gasteiger partial charge in [-0.1, -0.05) is 12.1 Å². The molecule has 0 spiro atoms. The van der Waals surface area contributed by atoms with Gasteiger partial charge in [0.05, 0.1) is 6.61 Å². The normalized spacial score (nSPS) is 11.9. The molecule has 1 unspecified atom stereocenters. The fourth-order valence-corrected chi connectivity index (χ4v) is 1.54. The highest BCUT2D eigenvalue weighted by Gasteiger charge is 2.03. The van der Waals surface area contributed by atoms with Crippen molar-refractivity contribution in [3.05, 3.63) is 29.8 Å². The van der Waals surface area contributed by atoms with Gasteiger partial charge in [-0.15, -0.1) is 0 Å². The van der Waals surface area contributed by atoms with Crippen LogP contribution in [0, 0.1) is 0 Å². The van der Waals surface area contributed by atoms with Crippen molar-refractivity contribution in [1.82, 2.24) is 5.32 Å². The van der Waals surface area contributed by atoms with Crippen LogP contribution in [0.2, 0.25) is 0 Å². The van der Waals surface area contributed by atoms with Crippen molar-refractivity contribution in [2.24, 2.45) is 5.73 Å². The lowest BCUT2D eigenvalue weighted by atomic mass is 10.1. The van der Waals surface area contributed by atoms with Crippen LogP contribution in [0.25, 0.3) is 0 Å². The number of nitrogens with one attached hydrogen (secondary N) is 1. The molecule has 0 aliphatic carbocycles. The van der Waals surface area contributed by atoms with Crippen molar-refractivity contribution < 1.29 is 9.53 Å². The molecule has 1 aromatic rings. The smallest absolute Gasteiger partial charge is 0.220 e. The van der Waals surface area contributed by atoms with Gasteiger partial charge in [0, 0.05) is 19.0 Å². The number of aryl methyl sites for hydroxylation is 1. The van der Waals surface area contributed by atoms with Crippen LogP contribution in [0.4, 0.5) is 0 Å². The lowest BCUT2D eigenvalue weighted by molar-refractivity contribution is -0.121. The van der Waals surface area contributed by atoms with Crippen LogP contribution in [0.15, 0.2) is 24.3 Å². The van der Waals surface area contributed by atoms with Crippen LogP contribution in [0.1, 0.15) is 25.8 Å². The highest BCUT2D eigenvalue weighted by molar-refractivity contribution is 5.76. The third kappa shape index (κ3) is 5.68. The Morgan fingerprint density at radius 2 is 2.06 bits per heavy atom. The molecular formula is C14H22N2O2. The number of rotatable bonds is 7. The zero-order valence-electron chi connectivity index (χ0n) is 11.1. The van der Waals surface area contributed by atoms with Crippen molar-refractivity contribution in [3.8, 4) is 5.75 Å². The first-order valence-corrected chi connectivity index (χ1v) is 6.35. The summed E-state index contributed by atoms with van der Waals surface area (Å²) in [5.41, 5.74) is 6.70. The predicted molar refractivity (Wildman–Crippen MR) is 72.6 cm³/mol. The van der Waals surface area contributed by atoms with Gasteiger partial charge in [-0.25, -0.2) is 0 Å². The van der Waals surface area contributed by atoms with E-state index >= 15 is 0 Å². The molecule has 4 heteroatoms. The molecule has 0 saturated heterocycles. The molecule has 0 bridgehead atoms. The molecule has 0 radical (unpaired) electrons. The monoisotopic (exact) mass is 250 g/mol. The number of amides is 1. The minimum absolute atomic E-state index is 0.000531. The second-order valence-corrected chi connectivity index (χ2v) is 4.36. The van der Waals surface area contributed by atoms with Gasteiger partial charge in [0.15, 0.2) is 0 Å². The minimum atomic E-state index is -0.000531. The van der Waals surface area contributed by atoms with E-state index in [-0.39, 0.29) is 11.9 Å². The number of ether oxygens (including phenoxy) is 1. The van der Waals surface area contributed by atoms with Crippen molar-refractivity contribution >= 4 is 5.91 Å². The first kappa shape index (κ1) is 14.5. The first-order valence-electron chi connectivity index (χ1n) is 6.35. The lowest BCUT2D eigenvalue weighted by Crippen LogP contribution is -2.35. The Kier molecular flexibility index (Phi) is 6.22. The van der Waals surface area contributed by atoms with Crippen LogP contribution >= 0.6 is 0 Å². The summed E-state index contributed by atoms with van der Waals surface area (Å²) in [7, 11) is 0. The van der Waals surface area contributed by atoms with Gasteiger partial charge in [-0.3, -0.25) is 4.79 Å². The molecule has 0 aliphatic rings. The van der Waals surface area contributed by atoms with Crippen LogP contribution in [-0.4, -0.2) is 25.1 Å². The summed E-state index contributed by atoms with van der Waals surface area (Å²) < 4.78 is 5.36. The minimum Gasteiger partial charge on any atom is -0.494 e. The van der Waals surface area contributed by atoms with Crippen LogP contribution in [0.5, 0.6) is 5.75 Å². The summed E-state index contributed by atoms with van der Waals surface area (Å²) in [6.45, 7) is 5.02. The molecule has 18 heavy (non-hydrogen) atoms. The van der Waals surface area contributed by atoms with Crippen molar-refractivity contribution in [2.45, 2.75) is 32.7 Å². The summed E-state index contributed by atoms with van der Waals surface area (Å²) in [6.07, 6.45) is 1.22. The third-order valence-electron chi connectivity index (χ3n) is 2.50. The Morgan fingerprint density at radius 1 is 1.39 bits per heavy atom. The maximum Gasteiger partial charge on any atom is 0.220 e. The van der Waals surface area contributed by atoms with E-state index in [0.29, 0.717) is 19.6 Å². The Hall–Kier alpha value is -1.55. The second-order valence-electron chi connectivity index (χ2n) is 4.36. The summed E-state index contributed by atoms with van der Waals surface area (Å²) >= 11 is 0. The van der Waals surface area contributed by atoms with E-state index in [1.807, 2.05) is 38.1 Å². The molecule has 0 fully saturated rings. The zero-order valence-corrected chi connectivity index (χ0v) is 11.1. The Bertz CT molecular complexity index is 361. The van der Waals surface area contributed by atoms with E-state index in [9.17, 15) is 4.79 Å². The molecule has 4 nitrogen and oxygen atoms in total. The number of carbonyl (C=O) groups is 1. The van der Waals surface area contributed by atoms with Gasteiger partial charge in [0.25, 0.3) is 0 Å². The van der Waals surface area contributed by atoms with Crippen molar-refractivity contribution in [3.63, 3.8) is 0 Å². The number of hydrogen-bond donors (Lipinski definition) is 2. The fourth-order valence-electron chi connectivity index (χ4n) is 1.54. The quantitative estimate of drug-likeness (QED) is 0.770. The van der Waals surface area contributed by atoms with E-state index in [1.165, 1.54) is 0 Å². The second kappa shape index (κ2) is 7.71. The largest absolute Gasteiger partial charge is 0.494 e. The van der Waals surface area contributed by atoms with Crippen molar-refractivity contribution in [2.75, 3.05) is 13.2 Å². The van der Waals surface area contributed by atoms with Gasteiger partial charge in [0.1, 0.15) is 5.75 Å². The van der Waals surface area contributed by atoms with Crippen LogP contribution in [-0.2, 0) is 11.2 Å². The number of hydrogen-bond acceptors (Lipinski definition) is 3. The maximum atomic E-state index is 11.5. The number of benzene rings is 1. The average molecular weight is 250 g/mol. The van der Waals surface area contributed by atoms with Gasteiger partial charge < -0.3 is 15.8 Å². The summed E-state index contributed by atoms with van der Waals surface area (Å²) in [5, 5.41) is 2.80. The molecule has 3 N–H and O–H groups in total. The molecule has 1 rings (SSSR count). The Balaban J connectivity index is 2.32. The van der Waals surface area contributed by atoms with E-state index in [2.05, 4.69) is 5.32 Å². The van der Waals surface area contributed by atoms with Crippen molar-refractivity contribution in [1.29, 1.82) is 0 Å². The molecule has 0 aromatic heterocycles. The van der Waals surface area contributed by atoms with Gasteiger partial charge in [-0.2, -0.15) is 0 Å². The lowest BCUT2D eigenvalue weighted by Gasteiger charge is -2.08. The summed E-state index contributed by atoms with van der Waals surface area (Å²) in [5.74, 6) is 0.906. The standard InChI is InChI=1S/C14H22N2O2/c1-3-18-13-7-4-12(5-8-13)6-9-14(17)16-10-11(2)15/h4-5,7-8,11H,3,6,9-10,15H2,1-2H3,(H,16,17). The molecule has 1 atom stereocenters. The van der Waals surface area contributed by atoms with E-state index < -0.39 is 0 Å². The fraction of sp³-hybridized carbons (Fsp3) is 0.500. The first-order chi connectivity index (χ1) is 8.61. The predicted octanol–water partition coefficient (Wildman–Crippen LogP) is 1.48. The Morgan fingerprint density at radius 3 is 2.61 bits per heavy atom. The van der Waals surface area contributed by atoms with Crippen LogP contribution in [0.3, 0.4) is 0 Å². The molecule has 0 heterocycles. The molecule has 1 aromatic carbocycles. The van der Waals surface area contributed by atoms with Gasteiger partial charge in [-0.05, 0) is 38.0 Å². The molecule has 1 amide bonds. The Labute approximate surface area is 109 Å². The molecular weight excluding hydrogens is 228 g/mol. The third-order valence-corrected chi connectivity index (χ3v) is 2.50. The number of carbonyl (C=O) groups excluding carboxylic acids is 1. The summed E-state index contributed by atoms with van der Waals surface area (Å²) in [4.78, 5) is 11.5. The summed E-state index contributed by atoms with van der Waals surface area (Å²) in [6, 6.07) is 7.84. The molecule has 0 aliphatic heterocycles. The zero-order chi connectivity index (χ0) is 13.4. The van der Waals surface area contributed by atoms with E-state index in [0.717, 1.165) is 17.7 Å². The van der Waals surface area contributed by atoms with E-state index in [4.69, 9.17) is 10.5 Å². The average Bonchev–Trinajstić information content (AvgIpc) is 2.36. The van der Waals surface area contributed by atoms with Crippen LogP contribution < -0.4 is 15.8 Å². The maximum absolute atomic E-state index is 11.5. The molecule has 100 valence electrons. The number of nitrogens with two attached hydrogens (primary N) is 1. The SMILES string of the molecule is CCOc1ccc(CCC(=O)NCC(C)N)cc1. The van der Waals surface area contributed by atoms with Gasteiger partial charge in [0.2, 0.25) is 5.91 Å². The topological polar surface area (TPSA) is 64.3 Å². The van der Waals surface area contributed by atoms with Gasteiger partial charge >= 0.3 is 0 Å².